The lowest BCUT2D eigenvalue weighted by Crippen LogP contribution is -1.96. The van der Waals surface area contributed by atoms with E-state index in [9.17, 15) is 0 Å². The quantitative estimate of drug-likeness (QED) is 0.628. The number of nitrogens with one attached hydrogen (secondary N) is 1. The molecule has 15 heavy (non-hydrogen) atoms. The summed E-state index contributed by atoms with van der Waals surface area (Å²) in [5.74, 6) is 0.347. The summed E-state index contributed by atoms with van der Waals surface area (Å²) in [6.45, 7) is 9.29. The zero-order valence-corrected chi connectivity index (χ0v) is 8.67. The molecule has 5 nitrogen and oxygen atoms in total. The minimum atomic E-state index is 0.101. The van der Waals surface area contributed by atoms with Gasteiger partial charge in [-0.3, -0.25) is 0 Å². The van der Waals surface area contributed by atoms with Gasteiger partial charge in [0.15, 0.2) is 0 Å². The molecule has 1 N–H and O–H groups in total. The van der Waals surface area contributed by atoms with Crippen LogP contribution >= 0.6 is 11.6 Å². The van der Waals surface area contributed by atoms with E-state index >= 15 is 0 Å². The van der Waals surface area contributed by atoms with E-state index in [1.807, 2.05) is 6.92 Å². The summed E-state index contributed by atoms with van der Waals surface area (Å²) in [4.78, 5) is 14.1. The smallest absolute Gasteiger partial charge is 0.227 e. The van der Waals surface area contributed by atoms with Crippen LogP contribution in [-0.4, -0.2) is 21.6 Å². The highest BCUT2D eigenvalue weighted by atomic mass is 35.5. The van der Waals surface area contributed by atoms with Gasteiger partial charge >= 0.3 is 0 Å². The summed E-state index contributed by atoms with van der Waals surface area (Å²) >= 11 is 5.71. The van der Waals surface area contributed by atoms with Crippen molar-refractivity contribution < 1.29 is 4.74 Å². The average molecular weight is 223 g/mol. The molecule has 0 aliphatic heterocycles. The van der Waals surface area contributed by atoms with Crippen LogP contribution in [0.4, 0.5) is 5.69 Å². The Bertz CT molecular complexity index is 543. The molecule has 2 heterocycles. The van der Waals surface area contributed by atoms with Crippen LogP contribution in [0.3, 0.4) is 0 Å². The van der Waals surface area contributed by atoms with Gasteiger partial charge in [-0.25, -0.2) is 9.83 Å². The van der Waals surface area contributed by atoms with Crippen molar-refractivity contribution in [1.82, 2.24) is 15.0 Å². The Labute approximate surface area is 90.9 Å². The number of ether oxygens (including phenoxy) is 1. The topological polar surface area (TPSA) is 55.2 Å². The van der Waals surface area contributed by atoms with Gasteiger partial charge in [-0.15, -0.1) is 0 Å². The van der Waals surface area contributed by atoms with Gasteiger partial charge in [-0.1, -0.05) is 0 Å². The van der Waals surface area contributed by atoms with Crippen LogP contribution in [0.25, 0.3) is 15.9 Å². The maximum absolute atomic E-state index is 6.99. The molecule has 0 aliphatic carbocycles. The minimum absolute atomic E-state index is 0.101. The van der Waals surface area contributed by atoms with Crippen molar-refractivity contribution in [2.24, 2.45) is 0 Å². The van der Waals surface area contributed by atoms with Crippen LogP contribution in [0.15, 0.2) is 6.20 Å². The number of fused-ring (bicyclic) bond motifs is 1. The number of nitrogens with zero attached hydrogens (tertiary/aromatic N) is 3. The Hall–Kier alpha value is -1.80. The number of hydrogen-bond acceptors (Lipinski definition) is 3. The Kier molecular flexibility index (Phi) is 2.44. The number of aromatic amines is 1. The van der Waals surface area contributed by atoms with Gasteiger partial charge in [0.25, 0.3) is 0 Å². The first kappa shape index (κ1) is 9.74. The van der Waals surface area contributed by atoms with Crippen molar-refractivity contribution in [2.75, 3.05) is 6.61 Å². The molecule has 2 rings (SSSR count). The molecule has 6 heteroatoms. The maximum atomic E-state index is 6.99. The highest BCUT2D eigenvalue weighted by molar-refractivity contribution is 6.28. The fourth-order valence-corrected chi connectivity index (χ4v) is 1.45. The van der Waals surface area contributed by atoms with E-state index in [-0.39, 0.29) is 5.28 Å². The van der Waals surface area contributed by atoms with Crippen LogP contribution in [0.1, 0.15) is 6.92 Å². The van der Waals surface area contributed by atoms with Crippen LogP contribution in [0.5, 0.6) is 5.88 Å². The number of rotatable bonds is 2. The molecule has 2 aromatic rings. The highest BCUT2D eigenvalue weighted by Crippen LogP contribution is 2.32. The number of aromatic nitrogens is 3. The summed E-state index contributed by atoms with van der Waals surface area (Å²) in [7, 11) is 0. The first-order valence-corrected chi connectivity index (χ1v) is 4.69. The molecule has 0 spiro atoms. The summed E-state index contributed by atoms with van der Waals surface area (Å²) < 4.78 is 5.30. The highest BCUT2D eigenvalue weighted by Gasteiger charge is 2.13. The lowest BCUT2D eigenvalue weighted by molar-refractivity contribution is 0.331. The van der Waals surface area contributed by atoms with Crippen molar-refractivity contribution >= 4 is 28.3 Å². The van der Waals surface area contributed by atoms with E-state index in [0.717, 1.165) is 0 Å². The molecule has 0 bridgehead atoms. The van der Waals surface area contributed by atoms with Gasteiger partial charge < -0.3 is 9.72 Å². The molecule has 0 aliphatic rings. The molecule has 0 radical (unpaired) electrons. The number of halogens is 1. The first-order valence-electron chi connectivity index (χ1n) is 4.31. The monoisotopic (exact) mass is 222 g/mol. The molecular formula is C9H7ClN4O. The standard InChI is InChI=1S/C9H7ClN4O/c1-3-15-8-6-5(11-2)4-12-7(6)13-9(10)14-8/h4H,3H2,1H3,(H,12,13,14). The van der Waals surface area contributed by atoms with Crippen molar-refractivity contribution in [3.63, 3.8) is 0 Å². The zero-order chi connectivity index (χ0) is 10.8. The molecule has 2 aromatic heterocycles. The molecule has 0 fully saturated rings. The zero-order valence-electron chi connectivity index (χ0n) is 7.91. The third-order valence-corrected chi connectivity index (χ3v) is 2.02. The van der Waals surface area contributed by atoms with Crippen molar-refractivity contribution in [3.05, 3.63) is 22.9 Å². The Morgan fingerprint density at radius 2 is 2.40 bits per heavy atom. The van der Waals surface area contributed by atoms with E-state index in [2.05, 4.69) is 19.8 Å². The van der Waals surface area contributed by atoms with Crippen LogP contribution < -0.4 is 4.74 Å². The lowest BCUT2D eigenvalue weighted by Gasteiger charge is -2.03. The van der Waals surface area contributed by atoms with Crippen molar-refractivity contribution in [1.29, 1.82) is 0 Å². The largest absolute Gasteiger partial charge is 0.478 e. The van der Waals surface area contributed by atoms with Crippen LogP contribution in [0, 0.1) is 6.57 Å². The molecule has 0 unspecified atom stereocenters. The second kappa shape index (κ2) is 3.75. The van der Waals surface area contributed by atoms with Gasteiger partial charge in [-0.05, 0) is 18.5 Å². The van der Waals surface area contributed by atoms with E-state index in [4.69, 9.17) is 22.9 Å². The predicted octanol–water partition coefficient (Wildman–Crippen LogP) is 2.56. The van der Waals surface area contributed by atoms with E-state index in [0.29, 0.717) is 29.2 Å². The summed E-state index contributed by atoms with van der Waals surface area (Å²) in [6, 6.07) is 0. The second-order valence-electron chi connectivity index (χ2n) is 2.74. The van der Waals surface area contributed by atoms with Crippen LogP contribution in [0.2, 0.25) is 5.28 Å². The average Bonchev–Trinajstić information content (AvgIpc) is 2.61. The lowest BCUT2D eigenvalue weighted by atomic mass is 10.3. The van der Waals surface area contributed by atoms with Crippen molar-refractivity contribution in [2.45, 2.75) is 6.92 Å². The van der Waals surface area contributed by atoms with Crippen molar-refractivity contribution in [3.8, 4) is 5.88 Å². The molecule has 0 saturated heterocycles. The normalized spacial score (nSPS) is 10.2. The first-order chi connectivity index (χ1) is 7.26. The number of hydrogen-bond donors (Lipinski definition) is 1. The molecule has 76 valence electrons. The third kappa shape index (κ3) is 1.60. The Morgan fingerprint density at radius 3 is 3.07 bits per heavy atom. The van der Waals surface area contributed by atoms with E-state index < -0.39 is 0 Å². The molecular weight excluding hydrogens is 216 g/mol. The third-order valence-electron chi connectivity index (χ3n) is 1.85. The second-order valence-corrected chi connectivity index (χ2v) is 3.08. The van der Waals surface area contributed by atoms with Gasteiger partial charge in [0.2, 0.25) is 16.9 Å². The fraction of sp³-hybridized carbons (Fsp3) is 0.222. The molecule has 0 amide bonds. The Balaban J connectivity index is 2.74. The summed E-state index contributed by atoms with van der Waals surface area (Å²) in [5, 5.41) is 0.681. The Morgan fingerprint density at radius 1 is 1.60 bits per heavy atom. The predicted molar refractivity (Wildman–Crippen MR) is 56.3 cm³/mol. The molecule has 0 saturated carbocycles. The van der Waals surface area contributed by atoms with Gasteiger partial charge in [-0.2, -0.15) is 4.98 Å². The fourth-order valence-electron chi connectivity index (χ4n) is 1.29. The van der Waals surface area contributed by atoms with Gasteiger partial charge in [0.1, 0.15) is 5.65 Å². The molecule has 0 atom stereocenters. The van der Waals surface area contributed by atoms with Crippen LogP contribution in [-0.2, 0) is 0 Å². The van der Waals surface area contributed by atoms with E-state index in [1.165, 1.54) is 0 Å². The van der Waals surface area contributed by atoms with Gasteiger partial charge in [0, 0.05) is 6.20 Å². The summed E-state index contributed by atoms with van der Waals surface area (Å²) in [6.07, 6.45) is 1.56. The minimum Gasteiger partial charge on any atom is -0.478 e. The maximum Gasteiger partial charge on any atom is 0.227 e. The van der Waals surface area contributed by atoms with E-state index in [1.54, 1.807) is 6.20 Å². The van der Waals surface area contributed by atoms with Gasteiger partial charge in [0.05, 0.1) is 18.6 Å². The molecule has 0 aromatic carbocycles. The number of H-pyrrole nitrogens is 1. The summed E-state index contributed by atoms with van der Waals surface area (Å²) in [5.41, 5.74) is 0.953. The SMILES string of the molecule is [C-]#[N+]c1c[nH]c2nc(Cl)nc(OCC)c12.